The Kier molecular flexibility index (Phi) is 6.06. The molecular formula is C18H22N2O8. The number of amides is 3. The number of nitrogens with zero attached hydrogens (tertiary/aromatic N) is 1. The molecule has 0 spiro atoms. The van der Waals surface area contributed by atoms with Gasteiger partial charge in [-0.05, 0) is 12.1 Å². The molecule has 0 unspecified atom stereocenters. The molecule has 2 aliphatic heterocycles. The van der Waals surface area contributed by atoms with Crippen LogP contribution in [0.1, 0.15) is 27.6 Å². The van der Waals surface area contributed by atoms with E-state index in [4.69, 9.17) is 9.47 Å². The van der Waals surface area contributed by atoms with Crippen molar-refractivity contribution in [3.63, 3.8) is 0 Å². The maximum Gasteiger partial charge on any atom is 0.261 e. The van der Waals surface area contributed by atoms with Crippen LogP contribution in [0.15, 0.2) is 24.3 Å². The zero-order chi connectivity index (χ0) is 20.4. The Labute approximate surface area is 160 Å². The summed E-state index contributed by atoms with van der Waals surface area (Å²) in [4.78, 5) is 37.1. The standard InChI is InChI=1S/C18H22N2O8/c1-9(22)19-13-15(24)14(23)12(8-21)28-18(13)27-7-6-20-16(25)10-4-2-3-5-11(10)17(20)26/h2-5,12-15,18,21,23-24H,6-8H2,1H3,(H,19,22)/t12-,13+,14+,15-,18-/m0/s1. The second kappa shape index (κ2) is 8.33. The molecule has 1 saturated heterocycles. The molecule has 3 amide bonds. The van der Waals surface area contributed by atoms with Crippen molar-refractivity contribution in [3.05, 3.63) is 35.4 Å². The smallest absolute Gasteiger partial charge is 0.261 e. The van der Waals surface area contributed by atoms with E-state index < -0.39 is 55.0 Å². The first-order valence-electron chi connectivity index (χ1n) is 8.81. The fraction of sp³-hybridized carbons (Fsp3) is 0.500. The lowest BCUT2D eigenvalue weighted by Gasteiger charge is -2.42. The lowest BCUT2D eigenvalue weighted by atomic mass is 9.97. The van der Waals surface area contributed by atoms with E-state index in [1.54, 1.807) is 24.3 Å². The average molecular weight is 394 g/mol. The maximum atomic E-state index is 12.3. The van der Waals surface area contributed by atoms with Gasteiger partial charge in [-0.1, -0.05) is 12.1 Å². The number of imide groups is 1. The molecule has 0 aromatic heterocycles. The number of nitrogens with one attached hydrogen (secondary N) is 1. The van der Waals surface area contributed by atoms with Gasteiger partial charge in [0.2, 0.25) is 5.91 Å². The molecule has 4 N–H and O–H groups in total. The van der Waals surface area contributed by atoms with Gasteiger partial charge in [-0.2, -0.15) is 0 Å². The van der Waals surface area contributed by atoms with Crippen LogP contribution in [0.2, 0.25) is 0 Å². The normalized spacial score (nSPS) is 29.7. The minimum Gasteiger partial charge on any atom is -0.394 e. The van der Waals surface area contributed by atoms with E-state index in [0.717, 1.165) is 4.90 Å². The molecule has 152 valence electrons. The van der Waals surface area contributed by atoms with Crippen molar-refractivity contribution in [1.29, 1.82) is 0 Å². The van der Waals surface area contributed by atoms with Crippen LogP contribution in [0.4, 0.5) is 0 Å². The lowest BCUT2D eigenvalue weighted by Crippen LogP contribution is -2.64. The van der Waals surface area contributed by atoms with E-state index in [9.17, 15) is 29.7 Å². The highest BCUT2D eigenvalue weighted by atomic mass is 16.7. The van der Waals surface area contributed by atoms with Crippen molar-refractivity contribution in [2.24, 2.45) is 0 Å². The molecule has 2 aliphatic rings. The van der Waals surface area contributed by atoms with Gasteiger partial charge in [0.25, 0.3) is 11.8 Å². The van der Waals surface area contributed by atoms with E-state index in [1.165, 1.54) is 6.92 Å². The fourth-order valence-corrected chi connectivity index (χ4v) is 3.32. The third kappa shape index (κ3) is 3.77. The third-order valence-electron chi connectivity index (χ3n) is 4.73. The number of aliphatic hydroxyl groups excluding tert-OH is 3. The summed E-state index contributed by atoms with van der Waals surface area (Å²) in [6, 6.07) is 5.38. The van der Waals surface area contributed by atoms with Crippen LogP contribution in [0.5, 0.6) is 0 Å². The first-order chi connectivity index (χ1) is 13.3. The number of ether oxygens (including phenoxy) is 2. The minimum absolute atomic E-state index is 0.0680. The molecule has 0 saturated carbocycles. The van der Waals surface area contributed by atoms with Crippen molar-refractivity contribution in [2.45, 2.75) is 37.6 Å². The van der Waals surface area contributed by atoms with E-state index >= 15 is 0 Å². The largest absolute Gasteiger partial charge is 0.394 e. The average Bonchev–Trinajstić information content (AvgIpc) is 2.92. The van der Waals surface area contributed by atoms with Gasteiger partial charge in [0.15, 0.2) is 6.29 Å². The first-order valence-corrected chi connectivity index (χ1v) is 8.81. The zero-order valence-electron chi connectivity index (χ0n) is 15.1. The molecule has 0 aliphatic carbocycles. The topological polar surface area (TPSA) is 146 Å². The van der Waals surface area contributed by atoms with Gasteiger partial charge in [0.05, 0.1) is 30.9 Å². The van der Waals surface area contributed by atoms with Crippen LogP contribution >= 0.6 is 0 Å². The van der Waals surface area contributed by atoms with Crippen LogP contribution < -0.4 is 5.32 Å². The minimum atomic E-state index is -1.43. The van der Waals surface area contributed by atoms with Gasteiger partial charge in [0, 0.05) is 6.92 Å². The number of carbonyl (C=O) groups is 3. The summed E-state index contributed by atoms with van der Waals surface area (Å²) in [6.07, 6.45) is -5.14. The molecule has 10 nitrogen and oxygen atoms in total. The summed E-state index contributed by atoms with van der Waals surface area (Å²) >= 11 is 0. The second-order valence-corrected chi connectivity index (χ2v) is 6.61. The summed E-state index contributed by atoms with van der Waals surface area (Å²) < 4.78 is 11.0. The Balaban J connectivity index is 1.64. The summed E-state index contributed by atoms with van der Waals surface area (Å²) in [7, 11) is 0. The Bertz CT molecular complexity index is 735. The quantitative estimate of drug-likeness (QED) is 0.415. The number of fused-ring (bicyclic) bond motifs is 1. The Hall–Kier alpha value is -2.37. The molecule has 28 heavy (non-hydrogen) atoms. The van der Waals surface area contributed by atoms with Gasteiger partial charge in [-0.25, -0.2) is 0 Å². The number of carbonyl (C=O) groups excluding carboxylic acids is 3. The Morgan fingerprint density at radius 3 is 2.32 bits per heavy atom. The zero-order valence-corrected chi connectivity index (χ0v) is 15.1. The van der Waals surface area contributed by atoms with Gasteiger partial charge < -0.3 is 30.1 Å². The predicted molar refractivity (Wildman–Crippen MR) is 93.1 cm³/mol. The maximum absolute atomic E-state index is 12.3. The van der Waals surface area contributed by atoms with Crippen molar-refractivity contribution in [3.8, 4) is 0 Å². The molecule has 10 heteroatoms. The lowest BCUT2D eigenvalue weighted by molar-refractivity contribution is -0.270. The van der Waals surface area contributed by atoms with E-state index in [2.05, 4.69) is 5.32 Å². The molecule has 0 bridgehead atoms. The monoisotopic (exact) mass is 394 g/mol. The molecule has 2 heterocycles. The fourth-order valence-electron chi connectivity index (χ4n) is 3.32. The molecule has 1 aromatic carbocycles. The van der Waals surface area contributed by atoms with Gasteiger partial charge in [0.1, 0.15) is 24.4 Å². The molecule has 0 radical (unpaired) electrons. The number of rotatable bonds is 6. The summed E-state index contributed by atoms with van der Waals surface area (Å²) in [5.41, 5.74) is 0.632. The molecule has 1 fully saturated rings. The summed E-state index contributed by atoms with van der Waals surface area (Å²) in [5.74, 6) is -1.34. The second-order valence-electron chi connectivity index (χ2n) is 6.61. The summed E-state index contributed by atoms with van der Waals surface area (Å²) in [5, 5.41) is 31.9. The number of aliphatic hydroxyl groups is 3. The molecule has 5 atom stereocenters. The van der Waals surface area contributed by atoms with Crippen LogP contribution in [0.25, 0.3) is 0 Å². The molecule has 1 aromatic rings. The molecule has 3 rings (SSSR count). The van der Waals surface area contributed by atoms with Gasteiger partial charge in [-0.3, -0.25) is 19.3 Å². The van der Waals surface area contributed by atoms with E-state index in [0.29, 0.717) is 11.1 Å². The van der Waals surface area contributed by atoms with Gasteiger partial charge in [-0.15, -0.1) is 0 Å². The third-order valence-corrected chi connectivity index (χ3v) is 4.73. The number of benzene rings is 1. The van der Waals surface area contributed by atoms with Crippen molar-refractivity contribution in [2.75, 3.05) is 19.8 Å². The Morgan fingerprint density at radius 1 is 1.18 bits per heavy atom. The number of hydrogen-bond acceptors (Lipinski definition) is 8. The summed E-state index contributed by atoms with van der Waals surface area (Å²) in [6.45, 7) is 0.463. The van der Waals surface area contributed by atoms with Crippen LogP contribution in [-0.4, -0.2) is 88.3 Å². The van der Waals surface area contributed by atoms with Crippen LogP contribution in [-0.2, 0) is 14.3 Å². The van der Waals surface area contributed by atoms with Crippen molar-refractivity contribution in [1.82, 2.24) is 10.2 Å². The first kappa shape index (κ1) is 20.4. The van der Waals surface area contributed by atoms with E-state index in [-0.39, 0.29) is 13.2 Å². The predicted octanol–water partition coefficient (Wildman–Crippen LogP) is -1.76. The van der Waals surface area contributed by atoms with Gasteiger partial charge >= 0.3 is 0 Å². The van der Waals surface area contributed by atoms with Crippen molar-refractivity contribution >= 4 is 17.7 Å². The highest BCUT2D eigenvalue weighted by molar-refractivity contribution is 6.21. The van der Waals surface area contributed by atoms with Crippen LogP contribution in [0, 0.1) is 0 Å². The van der Waals surface area contributed by atoms with Crippen molar-refractivity contribution < 1.29 is 39.2 Å². The molecular weight excluding hydrogens is 372 g/mol. The highest BCUT2D eigenvalue weighted by Gasteiger charge is 2.45. The Morgan fingerprint density at radius 2 is 1.79 bits per heavy atom. The van der Waals surface area contributed by atoms with E-state index in [1.807, 2.05) is 0 Å². The number of hydrogen-bond donors (Lipinski definition) is 4. The van der Waals surface area contributed by atoms with Crippen LogP contribution in [0.3, 0.4) is 0 Å². The SMILES string of the molecule is CC(=O)N[C@H]1[C@@H](OCCN2C(=O)c3ccccc3C2=O)O[C@@H](CO)[C@@H](O)[C@H]1O. The highest BCUT2D eigenvalue weighted by Crippen LogP contribution is 2.24.